The molecule has 1 aliphatic rings. The van der Waals surface area contributed by atoms with Crippen molar-refractivity contribution in [3.63, 3.8) is 0 Å². The second-order valence-corrected chi connectivity index (χ2v) is 6.80. The minimum atomic E-state index is 0.0426. The zero-order valence-electron chi connectivity index (χ0n) is 13.5. The normalized spacial score (nSPS) is 18.8. The number of ether oxygens (including phenoxy) is 1. The van der Waals surface area contributed by atoms with Gasteiger partial charge in [-0.05, 0) is 6.92 Å². The molecule has 0 saturated carbocycles. The summed E-state index contributed by atoms with van der Waals surface area (Å²) in [5, 5.41) is 3.12. The van der Waals surface area contributed by atoms with Gasteiger partial charge in [-0.1, -0.05) is 30.3 Å². The minimum absolute atomic E-state index is 0.0426. The summed E-state index contributed by atoms with van der Waals surface area (Å²) in [5.41, 5.74) is 2.10. The molecule has 0 unspecified atom stereocenters. The zero-order valence-corrected chi connectivity index (χ0v) is 14.3. The summed E-state index contributed by atoms with van der Waals surface area (Å²) in [6.07, 6.45) is 1.84. The van der Waals surface area contributed by atoms with Crippen LogP contribution in [0.15, 0.2) is 46.3 Å². The first kappa shape index (κ1) is 15.5. The van der Waals surface area contributed by atoms with Crippen LogP contribution in [0.4, 0.5) is 0 Å². The lowest BCUT2D eigenvalue weighted by Crippen LogP contribution is -2.37. The van der Waals surface area contributed by atoms with Gasteiger partial charge in [-0.3, -0.25) is 4.90 Å². The SMILES string of the molecule is Cc1csc([C@@H]2CN(Cc3ncc(-c4ccccc4)o3)CCO2)n1. The molecule has 124 valence electrons. The van der Waals surface area contributed by atoms with E-state index in [1.54, 1.807) is 17.5 Å². The van der Waals surface area contributed by atoms with Crippen LogP contribution >= 0.6 is 11.3 Å². The molecule has 0 amide bonds. The minimum Gasteiger partial charge on any atom is -0.439 e. The number of nitrogens with zero attached hydrogens (tertiary/aromatic N) is 3. The van der Waals surface area contributed by atoms with Gasteiger partial charge in [0, 0.05) is 29.7 Å². The third-order valence-corrected chi connectivity index (χ3v) is 5.09. The van der Waals surface area contributed by atoms with Gasteiger partial charge in [0.2, 0.25) is 5.89 Å². The smallest absolute Gasteiger partial charge is 0.209 e. The van der Waals surface area contributed by atoms with E-state index in [0.717, 1.165) is 41.0 Å². The molecule has 1 aromatic carbocycles. The highest BCUT2D eigenvalue weighted by atomic mass is 32.1. The van der Waals surface area contributed by atoms with Gasteiger partial charge >= 0.3 is 0 Å². The lowest BCUT2D eigenvalue weighted by molar-refractivity contribution is -0.0352. The summed E-state index contributed by atoms with van der Waals surface area (Å²) >= 11 is 1.66. The van der Waals surface area contributed by atoms with E-state index in [0.29, 0.717) is 13.2 Å². The van der Waals surface area contributed by atoms with Crippen LogP contribution < -0.4 is 0 Å². The van der Waals surface area contributed by atoms with Crippen LogP contribution in [0.25, 0.3) is 11.3 Å². The molecule has 3 aromatic rings. The van der Waals surface area contributed by atoms with Crippen LogP contribution in [0.3, 0.4) is 0 Å². The monoisotopic (exact) mass is 341 g/mol. The fourth-order valence-corrected chi connectivity index (χ4v) is 3.66. The number of morpholine rings is 1. The lowest BCUT2D eigenvalue weighted by atomic mass is 10.2. The molecular formula is C18H19N3O2S. The maximum absolute atomic E-state index is 5.91. The van der Waals surface area contributed by atoms with Crippen LogP contribution in [0.1, 0.15) is 22.7 Å². The number of benzene rings is 1. The molecule has 1 saturated heterocycles. The van der Waals surface area contributed by atoms with Crippen LogP contribution in [0.5, 0.6) is 0 Å². The van der Waals surface area contributed by atoms with Crippen molar-refractivity contribution in [2.24, 2.45) is 0 Å². The molecule has 0 aliphatic carbocycles. The number of hydrogen-bond acceptors (Lipinski definition) is 6. The van der Waals surface area contributed by atoms with E-state index in [9.17, 15) is 0 Å². The van der Waals surface area contributed by atoms with Crippen molar-refractivity contribution in [3.05, 3.63) is 58.5 Å². The fraction of sp³-hybridized carbons (Fsp3) is 0.333. The first-order chi connectivity index (χ1) is 11.8. The molecule has 0 radical (unpaired) electrons. The van der Waals surface area contributed by atoms with Gasteiger partial charge in [-0.2, -0.15) is 0 Å². The van der Waals surface area contributed by atoms with Gasteiger partial charge in [0.05, 0.1) is 19.3 Å². The molecule has 1 aliphatic heterocycles. The molecule has 0 bridgehead atoms. The number of thiazole rings is 1. The Bertz CT molecular complexity index is 799. The number of aromatic nitrogens is 2. The second-order valence-electron chi connectivity index (χ2n) is 5.91. The van der Waals surface area contributed by atoms with Crippen LogP contribution in [0, 0.1) is 6.92 Å². The van der Waals surface area contributed by atoms with Crippen molar-refractivity contribution in [2.45, 2.75) is 19.6 Å². The first-order valence-corrected chi connectivity index (χ1v) is 8.92. The van der Waals surface area contributed by atoms with E-state index >= 15 is 0 Å². The molecule has 0 spiro atoms. The van der Waals surface area contributed by atoms with Crippen LogP contribution in [-0.2, 0) is 11.3 Å². The predicted molar refractivity (Wildman–Crippen MR) is 92.8 cm³/mol. The Labute approximate surface area is 144 Å². The lowest BCUT2D eigenvalue weighted by Gasteiger charge is -2.30. The van der Waals surface area contributed by atoms with Gasteiger partial charge in [-0.15, -0.1) is 11.3 Å². The summed E-state index contributed by atoms with van der Waals surface area (Å²) in [4.78, 5) is 11.3. The maximum Gasteiger partial charge on any atom is 0.209 e. The summed E-state index contributed by atoms with van der Waals surface area (Å²) in [5.74, 6) is 1.55. The van der Waals surface area contributed by atoms with Crippen molar-refractivity contribution >= 4 is 11.3 Å². The quantitative estimate of drug-likeness (QED) is 0.724. The molecular weight excluding hydrogens is 322 g/mol. The molecule has 4 rings (SSSR count). The van der Waals surface area contributed by atoms with Crippen molar-refractivity contribution < 1.29 is 9.15 Å². The third kappa shape index (κ3) is 3.40. The second kappa shape index (κ2) is 6.84. The van der Waals surface area contributed by atoms with E-state index in [-0.39, 0.29) is 6.10 Å². The fourth-order valence-electron chi connectivity index (χ4n) is 2.83. The Morgan fingerprint density at radius 3 is 2.96 bits per heavy atom. The Balaban J connectivity index is 1.43. The molecule has 2 aromatic heterocycles. The average Bonchev–Trinajstić information content (AvgIpc) is 3.25. The third-order valence-electron chi connectivity index (χ3n) is 4.03. The first-order valence-electron chi connectivity index (χ1n) is 8.04. The van der Waals surface area contributed by atoms with E-state index in [1.165, 1.54) is 0 Å². The largest absolute Gasteiger partial charge is 0.439 e. The highest BCUT2D eigenvalue weighted by molar-refractivity contribution is 7.09. The van der Waals surface area contributed by atoms with Crippen molar-refractivity contribution in [2.75, 3.05) is 19.7 Å². The number of oxazole rings is 1. The molecule has 0 N–H and O–H groups in total. The molecule has 5 nitrogen and oxygen atoms in total. The Hall–Kier alpha value is -2.02. The Kier molecular flexibility index (Phi) is 4.42. The maximum atomic E-state index is 5.91. The standard InChI is InChI=1S/C18H19N3O2S/c1-13-12-24-18(20-13)16-10-21(7-8-22-16)11-17-19-9-15(23-17)14-5-3-2-4-6-14/h2-6,9,12,16H,7-8,10-11H2,1H3/t16-/m0/s1. The van der Waals surface area contributed by atoms with Crippen LogP contribution in [-0.4, -0.2) is 34.6 Å². The Morgan fingerprint density at radius 1 is 1.29 bits per heavy atom. The van der Waals surface area contributed by atoms with E-state index in [4.69, 9.17) is 9.15 Å². The zero-order chi connectivity index (χ0) is 16.4. The van der Waals surface area contributed by atoms with Gasteiger partial charge < -0.3 is 9.15 Å². The highest BCUT2D eigenvalue weighted by Gasteiger charge is 2.25. The van der Waals surface area contributed by atoms with E-state index < -0.39 is 0 Å². The van der Waals surface area contributed by atoms with Gasteiger partial charge in [-0.25, -0.2) is 9.97 Å². The Morgan fingerprint density at radius 2 is 2.17 bits per heavy atom. The molecule has 1 atom stereocenters. The van der Waals surface area contributed by atoms with Crippen molar-refractivity contribution in [1.82, 2.24) is 14.9 Å². The van der Waals surface area contributed by atoms with Crippen molar-refractivity contribution in [1.29, 1.82) is 0 Å². The highest BCUT2D eigenvalue weighted by Crippen LogP contribution is 2.26. The molecule has 1 fully saturated rings. The topological polar surface area (TPSA) is 51.4 Å². The van der Waals surface area contributed by atoms with Gasteiger partial charge in [0.1, 0.15) is 11.1 Å². The van der Waals surface area contributed by atoms with Crippen LogP contribution in [0.2, 0.25) is 0 Å². The van der Waals surface area contributed by atoms with E-state index in [1.807, 2.05) is 37.3 Å². The number of rotatable bonds is 4. The molecule has 6 heteroatoms. The molecule has 3 heterocycles. The van der Waals surface area contributed by atoms with Gasteiger partial charge in [0.25, 0.3) is 0 Å². The summed E-state index contributed by atoms with van der Waals surface area (Å²) in [6.45, 7) is 5.10. The predicted octanol–water partition coefficient (Wildman–Crippen LogP) is 3.68. The number of hydrogen-bond donors (Lipinski definition) is 0. The number of aryl methyl sites for hydroxylation is 1. The average molecular weight is 341 g/mol. The summed E-state index contributed by atoms with van der Waals surface area (Å²) < 4.78 is 11.8. The van der Waals surface area contributed by atoms with Crippen molar-refractivity contribution in [3.8, 4) is 11.3 Å². The van der Waals surface area contributed by atoms with E-state index in [2.05, 4.69) is 20.2 Å². The van der Waals surface area contributed by atoms with Gasteiger partial charge in [0.15, 0.2) is 5.76 Å². The summed E-state index contributed by atoms with van der Waals surface area (Å²) in [6, 6.07) is 10.1. The molecule has 24 heavy (non-hydrogen) atoms. The summed E-state index contributed by atoms with van der Waals surface area (Å²) in [7, 11) is 0.